The molecule has 20 heavy (non-hydrogen) atoms. The number of ether oxygens (including phenoxy) is 1. The van der Waals surface area contributed by atoms with Crippen molar-refractivity contribution in [2.75, 3.05) is 6.61 Å². The second kappa shape index (κ2) is 7.09. The van der Waals surface area contributed by atoms with Crippen LogP contribution in [0.1, 0.15) is 25.3 Å². The monoisotopic (exact) mass is 337 g/mol. The van der Waals surface area contributed by atoms with Crippen LogP contribution in [-0.2, 0) is 4.74 Å². The summed E-state index contributed by atoms with van der Waals surface area (Å²) in [5.41, 5.74) is 4.25. The van der Waals surface area contributed by atoms with Crippen LogP contribution in [0.25, 0.3) is 10.9 Å². The predicted molar refractivity (Wildman–Crippen MR) is 83.0 cm³/mol. The lowest BCUT2D eigenvalue weighted by Gasteiger charge is -2.01. The highest BCUT2D eigenvalue weighted by atomic mass is 79.9. The van der Waals surface area contributed by atoms with Gasteiger partial charge in [-0.05, 0) is 24.6 Å². The van der Waals surface area contributed by atoms with Crippen molar-refractivity contribution in [3.8, 4) is 0 Å². The van der Waals surface area contributed by atoms with E-state index in [0.717, 1.165) is 33.8 Å². The third-order valence-corrected chi connectivity index (χ3v) is 3.26. The maximum Gasteiger partial charge on any atom is 0.427 e. The Morgan fingerprint density at radius 2 is 2.40 bits per heavy atom. The largest absolute Gasteiger partial charge is 0.448 e. The average molecular weight is 338 g/mol. The molecule has 2 aromatic rings. The van der Waals surface area contributed by atoms with Gasteiger partial charge in [0.05, 0.1) is 12.8 Å². The Balaban J connectivity index is 1.96. The molecule has 2 N–H and O–H groups in total. The van der Waals surface area contributed by atoms with Gasteiger partial charge in [0, 0.05) is 27.1 Å². The molecule has 6 heteroatoms. The predicted octanol–water partition coefficient (Wildman–Crippen LogP) is 3.79. The number of carbonyl (C=O) groups is 1. The maximum absolute atomic E-state index is 11.3. The number of hydrogen-bond donors (Lipinski definition) is 2. The first-order chi connectivity index (χ1) is 9.70. The van der Waals surface area contributed by atoms with Crippen molar-refractivity contribution in [2.24, 2.45) is 5.10 Å². The van der Waals surface area contributed by atoms with Gasteiger partial charge in [0.15, 0.2) is 0 Å². The Morgan fingerprint density at radius 3 is 3.20 bits per heavy atom. The normalized spacial score (nSPS) is 11.1. The summed E-state index contributed by atoms with van der Waals surface area (Å²) >= 11 is 3.43. The number of rotatable bonds is 5. The number of benzene rings is 1. The number of H-pyrrole nitrogens is 1. The van der Waals surface area contributed by atoms with Crippen molar-refractivity contribution in [3.63, 3.8) is 0 Å². The van der Waals surface area contributed by atoms with Crippen molar-refractivity contribution in [3.05, 3.63) is 34.4 Å². The van der Waals surface area contributed by atoms with Crippen LogP contribution >= 0.6 is 15.9 Å². The quantitative estimate of drug-likeness (QED) is 0.495. The van der Waals surface area contributed by atoms with Crippen molar-refractivity contribution in [1.82, 2.24) is 10.4 Å². The SMILES string of the molecule is CCCCOC(=O)N/N=C\c1c[nH]c2ccc(Br)cc12. The summed E-state index contributed by atoms with van der Waals surface area (Å²) < 4.78 is 5.92. The van der Waals surface area contributed by atoms with Crippen LogP contribution in [-0.4, -0.2) is 23.9 Å². The third kappa shape index (κ3) is 3.84. The summed E-state index contributed by atoms with van der Waals surface area (Å²) in [6.45, 7) is 2.45. The van der Waals surface area contributed by atoms with E-state index in [1.807, 2.05) is 31.3 Å². The van der Waals surface area contributed by atoms with E-state index in [9.17, 15) is 4.79 Å². The van der Waals surface area contributed by atoms with E-state index in [2.05, 4.69) is 31.4 Å². The molecule has 0 atom stereocenters. The molecule has 1 aromatic carbocycles. The van der Waals surface area contributed by atoms with E-state index in [4.69, 9.17) is 4.74 Å². The van der Waals surface area contributed by atoms with Crippen molar-refractivity contribution in [2.45, 2.75) is 19.8 Å². The maximum atomic E-state index is 11.3. The molecule has 0 saturated heterocycles. The van der Waals surface area contributed by atoms with Crippen LogP contribution < -0.4 is 5.43 Å². The molecule has 0 unspecified atom stereocenters. The minimum atomic E-state index is -0.532. The van der Waals surface area contributed by atoms with E-state index in [1.165, 1.54) is 0 Å². The van der Waals surface area contributed by atoms with Crippen LogP contribution in [0.2, 0.25) is 0 Å². The molecule has 5 nitrogen and oxygen atoms in total. The number of unbranched alkanes of at least 4 members (excludes halogenated alkanes) is 1. The lowest BCUT2D eigenvalue weighted by Crippen LogP contribution is -2.19. The molecule has 0 aliphatic heterocycles. The lowest BCUT2D eigenvalue weighted by molar-refractivity contribution is 0.145. The van der Waals surface area contributed by atoms with Gasteiger partial charge in [-0.15, -0.1) is 0 Å². The number of aromatic amines is 1. The number of fused-ring (bicyclic) bond motifs is 1. The van der Waals surface area contributed by atoms with Crippen LogP contribution in [0.5, 0.6) is 0 Å². The number of nitrogens with zero attached hydrogens (tertiary/aromatic N) is 1. The van der Waals surface area contributed by atoms with E-state index in [-0.39, 0.29) is 0 Å². The van der Waals surface area contributed by atoms with Crippen molar-refractivity contribution >= 4 is 39.1 Å². The van der Waals surface area contributed by atoms with Crippen LogP contribution in [0.3, 0.4) is 0 Å². The smallest absolute Gasteiger partial charge is 0.427 e. The van der Waals surface area contributed by atoms with E-state index < -0.39 is 6.09 Å². The molecule has 0 aliphatic rings. The highest BCUT2D eigenvalue weighted by molar-refractivity contribution is 9.10. The first kappa shape index (κ1) is 14.6. The number of aromatic nitrogens is 1. The number of amides is 1. The van der Waals surface area contributed by atoms with E-state index >= 15 is 0 Å². The molecule has 0 fully saturated rings. The molecule has 2 rings (SSSR count). The fourth-order valence-electron chi connectivity index (χ4n) is 1.72. The molecule has 106 valence electrons. The Bertz CT molecular complexity index is 622. The van der Waals surface area contributed by atoms with Gasteiger partial charge in [-0.1, -0.05) is 29.3 Å². The molecule has 0 aliphatic carbocycles. The van der Waals surface area contributed by atoms with Gasteiger partial charge in [0.25, 0.3) is 0 Å². The third-order valence-electron chi connectivity index (χ3n) is 2.77. The summed E-state index contributed by atoms with van der Waals surface area (Å²) in [4.78, 5) is 14.4. The van der Waals surface area contributed by atoms with Gasteiger partial charge in [-0.2, -0.15) is 5.10 Å². The molecule has 0 saturated carbocycles. The summed E-state index contributed by atoms with van der Waals surface area (Å²) in [5, 5.41) is 4.92. The second-order valence-corrected chi connectivity index (χ2v) is 5.21. The van der Waals surface area contributed by atoms with Gasteiger partial charge in [-0.3, -0.25) is 0 Å². The molecular weight excluding hydrogens is 322 g/mol. The summed E-state index contributed by atoms with van der Waals surface area (Å²) in [6.07, 6.45) is 4.74. The molecule has 1 heterocycles. The zero-order valence-corrected chi connectivity index (χ0v) is 12.7. The Kier molecular flexibility index (Phi) is 5.17. The number of nitrogens with one attached hydrogen (secondary N) is 2. The zero-order chi connectivity index (χ0) is 14.4. The molecule has 0 radical (unpaired) electrons. The van der Waals surface area contributed by atoms with E-state index in [1.54, 1.807) is 6.21 Å². The second-order valence-electron chi connectivity index (χ2n) is 4.29. The average Bonchev–Trinajstić information content (AvgIpc) is 2.82. The highest BCUT2D eigenvalue weighted by Gasteiger charge is 2.02. The van der Waals surface area contributed by atoms with Gasteiger partial charge >= 0.3 is 6.09 Å². The topological polar surface area (TPSA) is 66.5 Å². The minimum Gasteiger partial charge on any atom is -0.448 e. The van der Waals surface area contributed by atoms with Gasteiger partial charge in [0.2, 0.25) is 0 Å². The van der Waals surface area contributed by atoms with Gasteiger partial charge in [-0.25, -0.2) is 10.2 Å². The van der Waals surface area contributed by atoms with Crippen LogP contribution in [0.15, 0.2) is 34.0 Å². The fourth-order valence-corrected chi connectivity index (χ4v) is 2.08. The van der Waals surface area contributed by atoms with Crippen LogP contribution in [0.4, 0.5) is 4.79 Å². The number of carbonyl (C=O) groups excluding carboxylic acids is 1. The first-order valence-electron chi connectivity index (χ1n) is 6.43. The summed E-state index contributed by atoms with van der Waals surface area (Å²) in [7, 11) is 0. The molecule has 0 bridgehead atoms. The Labute approximate surface area is 125 Å². The van der Waals surface area contributed by atoms with Crippen LogP contribution in [0, 0.1) is 0 Å². The van der Waals surface area contributed by atoms with Gasteiger partial charge in [0.1, 0.15) is 0 Å². The van der Waals surface area contributed by atoms with Crippen molar-refractivity contribution < 1.29 is 9.53 Å². The number of hydrazone groups is 1. The highest BCUT2D eigenvalue weighted by Crippen LogP contribution is 2.21. The zero-order valence-electron chi connectivity index (χ0n) is 11.1. The molecule has 0 spiro atoms. The Hall–Kier alpha value is -1.82. The first-order valence-corrected chi connectivity index (χ1v) is 7.22. The minimum absolute atomic E-state index is 0.415. The fraction of sp³-hybridized carbons (Fsp3) is 0.286. The summed E-state index contributed by atoms with van der Waals surface area (Å²) in [5.74, 6) is 0. The molecule has 1 amide bonds. The Morgan fingerprint density at radius 1 is 1.55 bits per heavy atom. The van der Waals surface area contributed by atoms with Gasteiger partial charge < -0.3 is 9.72 Å². The summed E-state index contributed by atoms with van der Waals surface area (Å²) in [6, 6.07) is 5.93. The molecule has 1 aromatic heterocycles. The number of halogens is 1. The number of hydrogen-bond acceptors (Lipinski definition) is 3. The van der Waals surface area contributed by atoms with E-state index in [0.29, 0.717) is 6.61 Å². The standard InChI is InChI=1S/C14H16BrN3O2/c1-2-3-6-20-14(19)18-17-9-10-8-16-13-5-4-11(15)7-12(10)13/h4-5,7-9,16H,2-3,6H2,1H3,(H,18,19)/b17-9-. The van der Waals surface area contributed by atoms with Crippen molar-refractivity contribution in [1.29, 1.82) is 0 Å². The lowest BCUT2D eigenvalue weighted by atomic mass is 10.2. The molecular formula is C14H16BrN3O2.